The Balaban J connectivity index is 1.39. The van der Waals surface area contributed by atoms with Crippen LogP contribution in [-0.4, -0.2) is 78.0 Å². The van der Waals surface area contributed by atoms with E-state index in [0.717, 1.165) is 21.9 Å². The number of hydrogen-bond donors (Lipinski definition) is 2. The van der Waals surface area contributed by atoms with E-state index in [4.69, 9.17) is 4.74 Å². The van der Waals surface area contributed by atoms with Crippen molar-refractivity contribution in [3.05, 3.63) is 66.2 Å². The fourth-order valence-corrected chi connectivity index (χ4v) is 4.15. The molecule has 0 saturated carbocycles. The highest BCUT2D eigenvalue weighted by Gasteiger charge is 2.37. The number of likely N-dealkylation sites (tertiary alicyclic amines) is 1. The number of amides is 1. The lowest BCUT2D eigenvalue weighted by molar-refractivity contribution is -0.0978. The van der Waals surface area contributed by atoms with Gasteiger partial charge >= 0.3 is 0 Å². The number of benzene rings is 3. The van der Waals surface area contributed by atoms with Gasteiger partial charge in [-0.3, -0.25) is 9.69 Å². The van der Waals surface area contributed by atoms with Gasteiger partial charge in [0.2, 0.25) is 0 Å². The number of rotatable bonds is 7. The topological polar surface area (TPSA) is 73.2 Å². The van der Waals surface area contributed by atoms with Crippen molar-refractivity contribution in [2.75, 3.05) is 40.3 Å². The van der Waals surface area contributed by atoms with E-state index in [-0.39, 0.29) is 12.5 Å². The lowest BCUT2D eigenvalue weighted by Crippen LogP contribution is -2.61. The van der Waals surface area contributed by atoms with E-state index in [1.54, 1.807) is 25.9 Å². The first-order valence-corrected chi connectivity index (χ1v) is 10.8. The smallest absolute Gasteiger partial charge is 0.253 e. The third-order valence-electron chi connectivity index (χ3n) is 5.72. The van der Waals surface area contributed by atoms with Crippen molar-refractivity contribution in [3.8, 4) is 16.9 Å². The van der Waals surface area contributed by atoms with Crippen LogP contribution in [0.3, 0.4) is 0 Å². The molecule has 0 spiro atoms. The minimum Gasteiger partial charge on any atom is -0.491 e. The minimum absolute atomic E-state index is 0.00976. The zero-order valence-corrected chi connectivity index (χ0v) is 18.8. The van der Waals surface area contributed by atoms with Gasteiger partial charge in [-0.25, -0.2) is 0 Å². The number of β-amino-alcohol motifs (C(OH)–C–C–N with tert-alkyl or cyclic N) is 2. The van der Waals surface area contributed by atoms with Gasteiger partial charge in [0.1, 0.15) is 18.5 Å². The number of carbonyl (C=O) groups excluding carboxylic acids is 1. The Morgan fingerprint density at radius 3 is 2.31 bits per heavy atom. The molecule has 0 aromatic heterocycles. The van der Waals surface area contributed by atoms with Crippen molar-refractivity contribution >= 4 is 16.7 Å². The van der Waals surface area contributed by atoms with Gasteiger partial charge in [0.25, 0.3) is 5.91 Å². The van der Waals surface area contributed by atoms with Crippen LogP contribution in [-0.2, 0) is 0 Å². The molecule has 1 aliphatic rings. The third kappa shape index (κ3) is 5.10. The van der Waals surface area contributed by atoms with Crippen LogP contribution in [0.2, 0.25) is 0 Å². The molecule has 1 amide bonds. The van der Waals surface area contributed by atoms with Gasteiger partial charge in [0.15, 0.2) is 0 Å². The molecular formula is C26H30N2O4. The lowest BCUT2D eigenvalue weighted by Gasteiger charge is -2.44. The van der Waals surface area contributed by atoms with Crippen LogP contribution in [0.15, 0.2) is 60.7 Å². The summed E-state index contributed by atoms with van der Waals surface area (Å²) >= 11 is 0. The number of hydrogen-bond acceptors (Lipinski definition) is 5. The van der Waals surface area contributed by atoms with Crippen LogP contribution in [0.25, 0.3) is 21.9 Å². The van der Waals surface area contributed by atoms with Gasteiger partial charge in [0.05, 0.1) is 5.60 Å². The Morgan fingerprint density at radius 2 is 1.66 bits per heavy atom. The second-order valence-corrected chi connectivity index (χ2v) is 9.13. The summed E-state index contributed by atoms with van der Waals surface area (Å²) < 4.78 is 5.79. The van der Waals surface area contributed by atoms with E-state index in [1.807, 2.05) is 47.4 Å². The van der Waals surface area contributed by atoms with Crippen LogP contribution in [0.1, 0.15) is 17.3 Å². The van der Waals surface area contributed by atoms with Crippen molar-refractivity contribution in [2.24, 2.45) is 0 Å². The normalized spacial score (nSPS) is 16.4. The molecule has 1 heterocycles. The van der Waals surface area contributed by atoms with Gasteiger partial charge in [-0.05, 0) is 59.2 Å². The molecule has 0 bridgehead atoms. The number of aliphatic hydroxyl groups excluding tert-OH is 1. The summed E-state index contributed by atoms with van der Waals surface area (Å²) in [5, 5.41) is 22.1. The number of aliphatic hydroxyl groups is 2. The summed E-state index contributed by atoms with van der Waals surface area (Å²) in [4.78, 5) is 15.7. The SMILES string of the molecule is CN(C)C(=O)c1ccc(-c2ccc3cc(OCC(O)CN4CC(C)(O)C4)ccc3c2)cc1. The maximum atomic E-state index is 12.1. The van der Waals surface area contributed by atoms with Gasteiger partial charge in [-0.15, -0.1) is 0 Å². The van der Waals surface area contributed by atoms with Crippen molar-refractivity contribution in [1.29, 1.82) is 0 Å². The van der Waals surface area contributed by atoms with Crippen molar-refractivity contribution < 1.29 is 19.7 Å². The lowest BCUT2D eigenvalue weighted by atomic mass is 9.97. The molecule has 32 heavy (non-hydrogen) atoms. The first kappa shape index (κ1) is 22.3. The minimum atomic E-state index is -0.635. The van der Waals surface area contributed by atoms with E-state index >= 15 is 0 Å². The molecule has 2 N–H and O–H groups in total. The molecular weight excluding hydrogens is 404 g/mol. The molecule has 1 aliphatic heterocycles. The van der Waals surface area contributed by atoms with E-state index in [9.17, 15) is 15.0 Å². The van der Waals surface area contributed by atoms with Crippen LogP contribution < -0.4 is 4.74 Å². The molecule has 1 fully saturated rings. The van der Waals surface area contributed by atoms with Gasteiger partial charge < -0.3 is 19.8 Å². The van der Waals surface area contributed by atoms with Crippen molar-refractivity contribution in [1.82, 2.24) is 9.80 Å². The Bertz CT molecular complexity index is 1100. The highest BCUT2D eigenvalue weighted by atomic mass is 16.5. The highest BCUT2D eigenvalue weighted by molar-refractivity contribution is 5.94. The predicted octanol–water partition coefficient (Wildman–Crippen LogP) is 3.01. The number of fused-ring (bicyclic) bond motifs is 1. The third-order valence-corrected chi connectivity index (χ3v) is 5.72. The number of nitrogens with zero attached hydrogens (tertiary/aromatic N) is 2. The monoisotopic (exact) mass is 434 g/mol. The Hall–Kier alpha value is -2.93. The Kier molecular flexibility index (Phi) is 6.20. The number of ether oxygens (including phenoxy) is 1. The second-order valence-electron chi connectivity index (χ2n) is 9.13. The summed E-state index contributed by atoms with van der Waals surface area (Å²) in [5.41, 5.74) is 2.17. The fourth-order valence-electron chi connectivity index (χ4n) is 4.15. The molecule has 1 unspecified atom stereocenters. The standard InChI is InChI=1S/C26H30N2O4/c1-26(31)16-28(17-26)14-23(29)15-32-24-11-10-21-12-20(8-9-22(21)13-24)18-4-6-19(7-5-18)25(30)27(2)3/h4-13,23,29,31H,14-17H2,1-3H3. The zero-order chi connectivity index (χ0) is 22.9. The average molecular weight is 435 g/mol. The predicted molar refractivity (Wildman–Crippen MR) is 126 cm³/mol. The first-order chi connectivity index (χ1) is 15.2. The van der Waals surface area contributed by atoms with E-state index in [0.29, 0.717) is 30.9 Å². The molecule has 3 aromatic rings. The van der Waals surface area contributed by atoms with E-state index in [1.165, 1.54) is 0 Å². The quantitative estimate of drug-likeness (QED) is 0.598. The molecule has 3 aromatic carbocycles. The van der Waals surface area contributed by atoms with E-state index in [2.05, 4.69) is 18.2 Å². The Labute approximate surface area is 188 Å². The molecule has 6 heteroatoms. The van der Waals surface area contributed by atoms with Gasteiger partial charge in [-0.1, -0.05) is 30.3 Å². The molecule has 168 valence electrons. The average Bonchev–Trinajstić information content (AvgIpc) is 2.75. The zero-order valence-electron chi connectivity index (χ0n) is 18.8. The molecule has 1 atom stereocenters. The maximum Gasteiger partial charge on any atom is 0.253 e. The van der Waals surface area contributed by atoms with Crippen LogP contribution >= 0.6 is 0 Å². The summed E-state index contributed by atoms with van der Waals surface area (Å²) in [7, 11) is 3.49. The van der Waals surface area contributed by atoms with Crippen LogP contribution in [0, 0.1) is 0 Å². The van der Waals surface area contributed by atoms with Crippen LogP contribution in [0.4, 0.5) is 0 Å². The molecule has 1 saturated heterocycles. The van der Waals surface area contributed by atoms with Crippen molar-refractivity contribution in [2.45, 2.75) is 18.6 Å². The summed E-state index contributed by atoms with van der Waals surface area (Å²) in [6.45, 7) is 3.66. The summed E-state index contributed by atoms with van der Waals surface area (Å²) in [5.74, 6) is 0.705. The van der Waals surface area contributed by atoms with Crippen molar-refractivity contribution in [3.63, 3.8) is 0 Å². The largest absolute Gasteiger partial charge is 0.491 e. The highest BCUT2D eigenvalue weighted by Crippen LogP contribution is 2.28. The van der Waals surface area contributed by atoms with Gasteiger partial charge in [-0.2, -0.15) is 0 Å². The van der Waals surface area contributed by atoms with Gasteiger partial charge in [0, 0.05) is 39.3 Å². The second kappa shape index (κ2) is 8.90. The van der Waals surface area contributed by atoms with E-state index < -0.39 is 11.7 Å². The fraction of sp³-hybridized carbons (Fsp3) is 0.346. The summed E-state index contributed by atoms with van der Waals surface area (Å²) in [6.07, 6.45) is -0.605. The molecule has 0 radical (unpaired) electrons. The first-order valence-electron chi connectivity index (χ1n) is 10.8. The molecule has 0 aliphatic carbocycles. The molecule has 6 nitrogen and oxygen atoms in total. The Morgan fingerprint density at radius 1 is 1.03 bits per heavy atom. The number of carbonyl (C=O) groups is 1. The molecule has 4 rings (SSSR count). The van der Waals surface area contributed by atoms with Crippen LogP contribution in [0.5, 0.6) is 5.75 Å². The summed E-state index contributed by atoms with van der Waals surface area (Å²) in [6, 6.07) is 19.8. The maximum absolute atomic E-state index is 12.1.